The molecule has 1 N–H and O–H groups in total. The fraction of sp³-hybridized carbons (Fsp3) is 0.333. The molecular formula is C18H23FN2. The lowest BCUT2D eigenvalue weighted by atomic mass is 10.1. The first-order valence-electron chi connectivity index (χ1n) is 7.36. The van der Waals surface area contributed by atoms with Crippen LogP contribution in [-0.2, 0) is 13.1 Å². The zero-order chi connectivity index (χ0) is 15.2. The van der Waals surface area contributed by atoms with Crippen LogP contribution < -0.4 is 10.2 Å². The van der Waals surface area contributed by atoms with E-state index in [2.05, 4.69) is 29.3 Å². The molecule has 0 saturated carbocycles. The quantitative estimate of drug-likeness (QED) is 0.867. The Kier molecular flexibility index (Phi) is 5.34. The van der Waals surface area contributed by atoms with Crippen LogP contribution in [0.5, 0.6) is 0 Å². The summed E-state index contributed by atoms with van der Waals surface area (Å²) in [5.74, 6) is -0.183. The minimum absolute atomic E-state index is 0.183. The minimum atomic E-state index is -0.183. The molecule has 0 bridgehead atoms. The Morgan fingerprint density at radius 3 is 2.62 bits per heavy atom. The second-order valence-electron chi connectivity index (χ2n) is 5.38. The zero-order valence-electron chi connectivity index (χ0n) is 13.0. The van der Waals surface area contributed by atoms with Gasteiger partial charge in [-0.2, -0.15) is 0 Å². The van der Waals surface area contributed by atoms with E-state index in [-0.39, 0.29) is 5.82 Å². The van der Waals surface area contributed by atoms with Crippen molar-refractivity contribution in [1.29, 1.82) is 0 Å². The second-order valence-corrected chi connectivity index (χ2v) is 5.38. The predicted molar refractivity (Wildman–Crippen MR) is 87.1 cm³/mol. The van der Waals surface area contributed by atoms with Gasteiger partial charge in [0.1, 0.15) is 5.82 Å². The maximum Gasteiger partial charge on any atom is 0.125 e. The van der Waals surface area contributed by atoms with Gasteiger partial charge in [0.05, 0.1) is 0 Å². The van der Waals surface area contributed by atoms with Gasteiger partial charge in [0.15, 0.2) is 0 Å². The Bertz CT molecular complexity index is 596. The molecule has 3 heteroatoms. The molecule has 0 atom stereocenters. The lowest BCUT2D eigenvalue weighted by molar-refractivity contribution is 0.621. The van der Waals surface area contributed by atoms with Crippen LogP contribution in [0, 0.1) is 12.7 Å². The van der Waals surface area contributed by atoms with Gasteiger partial charge in [0, 0.05) is 25.8 Å². The normalized spacial score (nSPS) is 10.7. The van der Waals surface area contributed by atoms with Crippen molar-refractivity contribution in [3.05, 3.63) is 65.0 Å². The number of aryl methyl sites for hydroxylation is 1. The first-order chi connectivity index (χ1) is 10.1. The molecule has 0 heterocycles. The van der Waals surface area contributed by atoms with Crippen LogP contribution in [0.2, 0.25) is 0 Å². The smallest absolute Gasteiger partial charge is 0.125 e. The van der Waals surface area contributed by atoms with E-state index in [9.17, 15) is 4.39 Å². The highest BCUT2D eigenvalue weighted by Gasteiger charge is 2.07. The highest BCUT2D eigenvalue weighted by atomic mass is 19.1. The third-order valence-corrected chi connectivity index (χ3v) is 3.63. The van der Waals surface area contributed by atoms with Gasteiger partial charge in [0.2, 0.25) is 0 Å². The number of rotatable bonds is 6. The third kappa shape index (κ3) is 4.30. The standard InChI is InChI=1S/C18H23FN2/c1-4-20-12-15-9-17(19)11-18(10-15)21(3)13-16-8-6-5-7-14(16)2/h5-11,20H,4,12-13H2,1-3H3. The maximum atomic E-state index is 13.8. The molecule has 0 aliphatic rings. The lowest BCUT2D eigenvalue weighted by Gasteiger charge is -2.21. The van der Waals surface area contributed by atoms with E-state index < -0.39 is 0 Å². The SMILES string of the molecule is CCNCc1cc(F)cc(N(C)Cc2ccccc2C)c1. The largest absolute Gasteiger partial charge is 0.370 e. The number of benzene rings is 2. The summed E-state index contributed by atoms with van der Waals surface area (Å²) < 4.78 is 13.8. The molecule has 0 saturated heterocycles. The summed E-state index contributed by atoms with van der Waals surface area (Å²) in [5.41, 5.74) is 4.40. The number of halogens is 1. The first kappa shape index (κ1) is 15.5. The van der Waals surface area contributed by atoms with Crippen molar-refractivity contribution in [3.63, 3.8) is 0 Å². The summed E-state index contributed by atoms with van der Waals surface area (Å²) in [4.78, 5) is 2.08. The van der Waals surface area contributed by atoms with E-state index >= 15 is 0 Å². The number of nitrogens with zero attached hydrogens (tertiary/aromatic N) is 1. The molecule has 0 unspecified atom stereocenters. The van der Waals surface area contributed by atoms with Crippen LogP contribution in [0.4, 0.5) is 10.1 Å². The Balaban J connectivity index is 2.16. The van der Waals surface area contributed by atoms with Crippen molar-refractivity contribution < 1.29 is 4.39 Å². The van der Waals surface area contributed by atoms with Crippen LogP contribution in [-0.4, -0.2) is 13.6 Å². The van der Waals surface area contributed by atoms with Crippen molar-refractivity contribution >= 4 is 5.69 Å². The molecule has 0 radical (unpaired) electrons. The average molecular weight is 286 g/mol. The topological polar surface area (TPSA) is 15.3 Å². The molecule has 2 aromatic rings. The summed E-state index contributed by atoms with van der Waals surface area (Å²) in [5, 5.41) is 3.23. The first-order valence-corrected chi connectivity index (χ1v) is 7.36. The fourth-order valence-electron chi connectivity index (χ4n) is 2.36. The van der Waals surface area contributed by atoms with Gasteiger partial charge in [-0.05, 0) is 48.4 Å². The van der Waals surface area contributed by atoms with Crippen LogP contribution in [0.25, 0.3) is 0 Å². The number of anilines is 1. The molecule has 0 aliphatic heterocycles. The average Bonchev–Trinajstić information content (AvgIpc) is 2.47. The zero-order valence-corrected chi connectivity index (χ0v) is 13.0. The number of hydrogen-bond acceptors (Lipinski definition) is 2. The molecule has 2 rings (SSSR count). The molecule has 0 spiro atoms. The van der Waals surface area contributed by atoms with Crippen LogP contribution >= 0.6 is 0 Å². The third-order valence-electron chi connectivity index (χ3n) is 3.63. The maximum absolute atomic E-state index is 13.8. The molecule has 0 aromatic heterocycles. The van der Waals surface area contributed by atoms with Gasteiger partial charge in [-0.25, -0.2) is 4.39 Å². The Hall–Kier alpha value is -1.87. The van der Waals surface area contributed by atoms with E-state index in [0.29, 0.717) is 6.54 Å². The van der Waals surface area contributed by atoms with Gasteiger partial charge in [-0.1, -0.05) is 31.2 Å². The summed E-state index contributed by atoms with van der Waals surface area (Å²) in [6, 6.07) is 13.5. The Morgan fingerprint density at radius 2 is 1.90 bits per heavy atom. The Morgan fingerprint density at radius 1 is 1.14 bits per heavy atom. The van der Waals surface area contributed by atoms with Gasteiger partial charge in [-0.15, -0.1) is 0 Å². The Labute approximate surface area is 126 Å². The van der Waals surface area contributed by atoms with E-state index in [0.717, 1.165) is 24.3 Å². The highest BCUT2D eigenvalue weighted by molar-refractivity contribution is 5.49. The summed E-state index contributed by atoms with van der Waals surface area (Å²) >= 11 is 0. The van der Waals surface area contributed by atoms with Gasteiger partial charge in [0.25, 0.3) is 0 Å². The molecule has 112 valence electrons. The van der Waals surface area contributed by atoms with Gasteiger partial charge >= 0.3 is 0 Å². The number of nitrogens with one attached hydrogen (secondary N) is 1. The summed E-state index contributed by atoms with van der Waals surface area (Å²) in [6.45, 7) is 6.50. The van der Waals surface area contributed by atoms with Crippen molar-refractivity contribution in [2.75, 3.05) is 18.5 Å². The minimum Gasteiger partial charge on any atom is -0.370 e. The molecule has 0 aliphatic carbocycles. The van der Waals surface area contributed by atoms with Crippen LogP contribution in [0.1, 0.15) is 23.6 Å². The summed E-state index contributed by atoms with van der Waals surface area (Å²) in [6.07, 6.45) is 0. The van der Waals surface area contributed by atoms with E-state index in [1.54, 1.807) is 12.1 Å². The second kappa shape index (κ2) is 7.23. The molecule has 2 nitrogen and oxygen atoms in total. The predicted octanol–water partition coefficient (Wildman–Crippen LogP) is 3.88. The van der Waals surface area contributed by atoms with Crippen molar-refractivity contribution in [2.45, 2.75) is 26.9 Å². The van der Waals surface area contributed by atoms with E-state index in [1.165, 1.54) is 11.1 Å². The van der Waals surface area contributed by atoms with Crippen molar-refractivity contribution in [1.82, 2.24) is 5.32 Å². The monoisotopic (exact) mass is 286 g/mol. The van der Waals surface area contributed by atoms with Crippen LogP contribution in [0.3, 0.4) is 0 Å². The van der Waals surface area contributed by atoms with Crippen molar-refractivity contribution in [2.24, 2.45) is 0 Å². The van der Waals surface area contributed by atoms with Gasteiger partial charge in [-0.3, -0.25) is 0 Å². The van der Waals surface area contributed by atoms with E-state index in [4.69, 9.17) is 0 Å². The van der Waals surface area contributed by atoms with Crippen LogP contribution in [0.15, 0.2) is 42.5 Å². The van der Waals surface area contributed by atoms with Crippen molar-refractivity contribution in [3.8, 4) is 0 Å². The lowest BCUT2D eigenvalue weighted by Crippen LogP contribution is -2.18. The molecular weight excluding hydrogens is 263 g/mol. The van der Waals surface area contributed by atoms with Gasteiger partial charge < -0.3 is 10.2 Å². The fourth-order valence-corrected chi connectivity index (χ4v) is 2.36. The summed E-state index contributed by atoms with van der Waals surface area (Å²) in [7, 11) is 2.00. The molecule has 2 aromatic carbocycles. The number of hydrogen-bond donors (Lipinski definition) is 1. The molecule has 0 fully saturated rings. The molecule has 0 amide bonds. The molecule has 21 heavy (non-hydrogen) atoms. The highest BCUT2D eigenvalue weighted by Crippen LogP contribution is 2.20. The van der Waals surface area contributed by atoms with E-state index in [1.807, 2.05) is 32.2 Å².